The van der Waals surface area contributed by atoms with Gasteiger partial charge in [-0.1, -0.05) is 19.8 Å². The van der Waals surface area contributed by atoms with Crippen LogP contribution in [-0.2, 0) is 10.0 Å². The molecule has 4 bridgehead atoms. The summed E-state index contributed by atoms with van der Waals surface area (Å²) < 4.78 is 24.6. The molecule has 0 spiro atoms. The van der Waals surface area contributed by atoms with Gasteiger partial charge in [-0.15, -0.1) is 0 Å². The van der Waals surface area contributed by atoms with E-state index in [0.29, 0.717) is 6.42 Å². The van der Waals surface area contributed by atoms with Crippen LogP contribution in [0.1, 0.15) is 71.6 Å². The maximum atomic E-state index is 12.5. The molecule has 4 saturated carbocycles. The van der Waals surface area contributed by atoms with Crippen LogP contribution in [0.3, 0.4) is 0 Å². The number of unbranched alkanes of at least 4 members (excludes halogenated alkanes) is 2. The minimum absolute atomic E-state index is 0.0273. The largest absolute Gasteiger partial charge is 0.339 e. The van der Waals surface area contributed by atoms with Crippen molar-refractivity contribution in [1.82, 2.24) is 14.9 Å². The van der Waals surface area contributed by atoms with Gasteiger partial charge >= 0.3 is 12.1 Å². The molecule has 4 fully saturated rings. The topological polar surface area (TPSA) is 95.6 Å². The lowest BCUT2D eigenvalue weighted by Crippen LogP contribution is -2.58. The molecule has 28 heavy (non-hydrogen) atoms. The number of rotatable bonds is 7. The van der Waals surface area contributed by atoms with E-state index < -0.39 is 22.1 Å². The highest BCUT2D eigenvalue weighted by molar-refractivity contribution is 7.88. The highest BCUT2D eigenvalue weighted by atomic mass is 32.2. The van der Waals surface area contributed by atoms with Gasteiger partial charge in [0.2, 0.25) is 10.0 Å². The van der Waals surface area contributed by atoms with E-state index in [9.17, 15) is 18.0 Å². The number of amides is 4. The van der Waals surface area contributed by atoms with Crippen LogP contribution in [-0.4, -0.2) is 43.6 Å². The second-order valence-electron chi connectivity index (χ2n) is 9.45. The maximum absolute atomic E-state index is 12.5. The molecule has 0 aromatic rings. The first-order valence-corrected chi connectivity index (χ1v) is 12.6. The van der Waals surface area contributed by atoms with Gasteiger partial charge in [-0.05, 0) is 75.0 Å². The molecule has 4 aliphatic carbocycles. The first-order valence-electron chi connectivity index (χ1n) is 10.7. The lowest BCUT2D eigenvalue weighted by Gasteiger charge is -2.59. The van der Waals surface area contributed by atoms with Crippen LogP contribution < -0.4 is 10.6 Å². The Kier molecular flexibility index (Phi) is 6.27. The quantitative estimate of drug-likeness (QED) is 0.625. The third-order valence-corrected chi connectivity index (χ3v) is 8.31. The van der Waals surface area contributed by atoms with Crippen LogP contribution in [0.2, 0.25) is 0 Å². The molecular formula is C20H35N3O4S. The summed E-state index contributed by atoms with van der Waals surface area (Å²) in [5.74, 6) is 2.33. The van der Waals surface area contributed by atoms with Crippen LogP contribution in [0.5, 0.6) is 0 Å². The molecule has 0 radical (unpaired) electrons. The molecule has 4 amide bonds. The van der Waals surface area contributed by atoms with E-state index in [1.165, 1.54) is 19.3 Å². The van der Waals surface area contributed by atoms with Crippen molar-refractivity contribution in [2.45, 2.75) is 77.7 Å². The van der Waals surface area contributed by atoms with Crippen LogP contribution in [0, 0.1) is 23.2 Å². The summed E-state index contributed by atoms with van der Waals surface area (Å²) in [7, 11) is -3.71. The minimum Gasteiger partial charge on any atom is -0.335 e. The second-order valence-corrected chi connectivity index (χ2v) is 11.4. The van der Waals surface area contributed by atoms with Gasteiger partial charge in [-0.2, -0.15) is 0 Å². The fourth-order valence-corrected chi connectivity index (χ4v) is 6.98. The van der Waals surface area contributed by atoms with Crippen molar-refractivity contribution in [2.75, 3.05) is 12.8 Å². The summed E-state index contributed by atoms with van der Waals surface area (Å²) in [6.45, 7) is 4.13. The summed E-state index contributed by atoms with van der Waals surface area (Å²) in [5.41, 5.74) is 0.132. The average Bonchev–Trinajstić information content (AvgIpc) is 2.56. The van der Waals surface area contributed by atoms with E-state index in [-0.39, 0.29) is 18.0 Å². The van der Waals surface area contributed by atoms with Crippen molar-refractivity contribution in [3.05, 3.63) is 0 Å². The molecule has 0 aromatic carbocycles. The molecule has 4 aliphatic rings. The molecule has 0 aromatic heterocycles. The molecule has 2 N–H and O–H groups in total. The Morgan fingerprint density at radius 3 is 2.07 bits per heavy atom. The van der Waals surface area contributed by atoms with Crippen molar-refractivity contribution < 1.29 is 18.0 Å². The number of nitrogens with zero attached hydrogens (tertiary/aromatic N) is 1. The molecule has 7 nitrogen and oxygen atoms in total. The lowest BCUT2D eigenvalue weighted by atomic mass is 9.48. The number of carbonyl (C=O) groups excluding carboxylic acids is 2. The minimum atomic E-state index is -3.71. The monoisotopic (exact) mass is 413 g/mol. The zero-order valence-corrected chi connectivity index (χ0v) is 18.2. The average molecular weight is 414 g/mol. The number of hydrogen-bond donors (Lipinski definition) is 2. The van der Waals surface area contributed by atoms with Crippen molar-refractivity contribution >= 4 is 22.1 Å². The Balaban J connectivity index is 1.57. The number of sulfonamides is 1. The van der Waals surface area contributed by atoms with Gasteiger partial charge in [0.15, 0.2) is 0 Å². The molecule has 0 heterocycles. The molecule has 1 atom stereocenters. The van der Waals surface area contributed by atoms with Crippen molar-refractivity contribution in [3.8, 4) is 0 Å². The summed E-state index contributed by atoms with van der Waals surface area (Å²) >= 11 is 0. The molecule has 4 rings (SSSR count). The van der Waals surface area contributed by atoms with Crippen molar-refractivity contribution in [1.29, 1.82) is 0 Å². The third-order valence-electron chi connectivity index (χ3n) is 7.16. The Bertz CT molecular complexity index is 671. The first-order chi connectivity index (χ1) is 13.1. The van der Waals surface area contributed by atoms with Gasteiger partial charge in [0.05, 0.1) is 6.26 Å². The Morgan fingerprint density at radius 2 is 1.61 bits per heavy atom. The first kappa shape index (κ1) is 21.4. The van der Waals surface area contributed by atoms with Gasteiger partial charge in [0.25, 0.3) is 0 Å². The highest BCUT2D eigenvalue weighted by Crippen LogP contribution is 2.61. The van der Waals surface area contributed by atoms with E-state index in [0.717, 1.165) is 60.4 Å². The molecule has 160 valence electrons. The van der Waals surface area contributed by atoms with Crippen LogP contribution in [0.4, 0.5) is 9.59 Å². The fourth-order valence-electron chi connectivity index (χ4n) is 6.18. The van der Waals surface area contributed by atoms with Gasteiger partial charge in [-0.25, -0.2) is 22.3 Å². The van der Waals surface area contributed by atoms with Gasteiger partial charge < -0.3 is 5.32 Å². The standard InChI is InChI=1S/C20H35N3O4S/c1-4-5-6-7-23(28(3,26)27)19(25)22-18(24)21-14(2)20-11-15-8-16(12-20)10-17(9-15)13-20/h14-17H,4-13H2,1-3H3,(H2,21,22,24,25). The van der Waals surface area contributed by atoms with Gasteiger partial charge in [-0.3, -0.25) is 5.32 Å². The van der Waals surface area contributed by atoms with E-state index >= 15 is 0 Å². The molecule has 8 heteroatoms. The summed E-state index contributed by atoms with van der Waals surface area (Å²) in [4.78, 5) is 24.9. The molecule has 1 unspecified atom stereocenters. The molecule has 0 aliphatic heterocycles. The molecule has 0 saturated heterocycles. The van der Waals surface area contributed by atoms with Crippen LogP contribution >= 0.6 is 0 Å². The number of nitrogens with one attached hydrogen (secondary N) is 2. The number of carbonyl (C=O) groups is 2. The fraction of sp³-hybridized carbons (Fsp3) is 0.900. The van der Waals surface area contributed by atoms with E-state index in [4.69, 9.17) is 0 Å². The number of urea groups is 2. The smallest absolute Gasteiger partial charge is 0.335 e. The highest BCUT2D eigenvalue weighted by Gasteiger charge is 2.53. The zero-order valence-electron chi connectivity index (χ0n) is 17.4. The van der Waals surface area contributed by atoms with E-state index in [1.807, 2.05) is 13.8 Å². The summed E-state index contributed by atoms with van der Waals surface area (Å²) in [5, 5.41) is 5.18. The van der Waals surface area contributed by atoms with Gasteiger partial charge in [0.1, 0.15) is 0 Å². The predicted molar refractivity (Wildman–Crippen MR) is 108 cm³/mol. The normalized spacial score (nSPS) is 32.0. The Morgan fingerprint density at radius 1 is 1.07 bits per heavy atom. The summed E-state index contributed by atoms with van der Waals surface area (Å²) in [6, 6.07) is -1.49. The zero-order chi connectivity index (χ0) is 20.5. The van der Waals surface area contributed by atoms with Crippen LogP contribution in [0.15, 0.2) is 0 Å². The second kappa shape index (κ2) is 8.20. The Labute approximate surface area is 169 Å². The van der Waals surface area contributed by atoms with Gasteiger partial charge in [0, 0.05) is 12.6 Å². The van der Waals surface area contributed by atoms with Crippen LogP contribution in [0.25, 0.3) is 0 Å². The SMILES string of the molecule is CCCCCN(C(=O)NC(=O)NC(C)C12CC3CC(CC(C3)C1)C2)S(C)(=O)=O. The predicted octanol–water partition coefficient (Wildman–Crippen LogP) is 3.46. The van der Waals surface area contributed by atoms with E-state index in [2.05, 4.69) is 10.6 Å². The maximum Gasteiger partial charge on any atom is 0.339 e. The Hall–Kier alpha value is -1.31. The van der Waals surface area contributed by atoms with Crippen molar-refractivity contribution in [2.24, 2.45) is 23.2 Å². The van der Waals surface area contributed by atoms with Crippen molar-refractivity contribution in [3.63, 3.8) is 0 Å². The number of hydrogen-bond acceptors (Lipinski definition) is 4. The molecular weight excluding hydrogens is 378 g/mol. The number of imide groups is 1. The summed E-state index contributed by atoms with van der Waals surface area (Å²) in [6.07, 6.45) is 10.8. The lowest BCUT2D eigenvalue weighted by molar-refractivity contribution is -0.0681. The third kappa shape index (κ3) is 4.63. The van der Waals surface area contributed by atoms with E-state index in [1.54, 1.807) is 0 Å².